The van der Waals surface area contributed by atoms with E-state index in [9.17, 15) is 4.79 Å². The zero-order valence-electron chi connectivity index (χ0n) is 13.9. The summed E-state index contributed by atoms with van der Waals surface area (Å²) in [4.78, 5) is 17.1. The van der Waals surface area contributed by atoms with E-state index >= 15 is 0 Å². The zero-order chi connectivity index (χ0) is 15.1. The van der Waals surface area contributed by atoms with Crippen molar-refractivity contribution in [2.24, 2.45) is 0 Å². The van der Waals surface area contributed by atoms with E-state index in [0.717, 1.165) is 57.9 Å². The molecule has 4 nitrogen and oxygen atoms in total. The van der Waals surface area contributed by atoms with Crippen molar-refractivity contribution in [1.82, 2.24) is 15.1 Å². The van der Waals surface area contributed by atoms with Gasteiger partial charge in [0.1, 0.15) is 0 Å². The standard InChI is InChI=1S/C17H33N3O/c1-3-10-18-16-9-6-12-20(17(16)21)14-7-13-19-11-5-4-8-15(19)2/h15-16,18H,3-14H2,1-2H3. The predicted octanol–water partition coefficient (Wildman–Crippen LogP) is 2.24. The topological polar surface area (TPSA) is 35.6 Å². The van der Waals surface area contributed by atoms with Gasteiger partial charge < -0.3 is 15.1 Å². The summed E-state index contributed by atoms with van der Waals surface area (Å²) in [5.41, 5.74) is 0. The van der Waals surface area contributed by atoms with Crippen LogP contribution in [-0.4, -0.2) is 60.5 Å². The van der Waals surface area contributed by atoms with Gasteiger partial charge in [0.05, 0.1) is 6.04 Å². The van der Waals surface area contributed by atoms with Gasteiger partial charge in [-0.15, -0.1) is 0 Å². The molecule has 0 spiro atoms. The normalized spacial score (nSPS) is 28.1. The molecule has 2 aliphatic rings. The van der Waals surface area contributed by atoms with Crippen molar-refractivity contribution in [3.05, 3.63) is 0 Å². The molecule has 2 fully saturated rings. The van der Waals surface area contributed by atoms with Crippen molar-refractivity contribution in [2.75, 3.05) is 32.7 Å². The lowest BCUT2D eigenvalue weighted by Gasteiger charge is -2.35. The van der Waals surface area contributed by atoms with E-state index in [4.69, 9.17) is 0 Å². The largest absolute Gasteiger partial charge is 0.341 e. The fraction of sp³-hybridized carbons (Fsp3) is 0.941. The number of likely N-dealkylation sites (tertiary alicyclic amines) is 2. The summed E-state index contributed by atoms with van der Waals surface area (Å²) in [5.74, 6) is 0.335. The van der Waals surface area contributed by atoms with Crippen LogP contribution in [0.1, 0.15) is 58.8 Å². The highest BCUT2D eigenvalue weighted by molar-refractivity contribution is 5.82. The first-order valence-electron chi connectivity index (χ1n) is 8.98. The van der Waals surface area contributed by atoms with Gasteiger partial charge in [-0.2, -0.15) is 0 Å². The number of rotatable bonds is 7. The lowest BCUT2D eigenvalue weighted by Crippen LogP contribution is -2.51. The Hall–Kier alpha value is -0.610. The molecule has 0 aromatic rings. The number of nitrogens with zero attached hydrogens (tertiary/aromatic N) is 2. The molecule has 2 unspecified atom stereocenters. The van der Waals surface area contributed by atoms with Gasteiger partial charge in [0.2, 0.25) is 5.91 Å². The van der Waals surface area contributed by atoms with Crippen molar-refractivity contribution in [1.29, 1.82) is 0 Å². The average molecular weight is 295 g/mol. The summed E-state index contributed by atoms with van der Waals surface area (Å²) in [6, 6.07) is 0.808. The molecule has 21 heavy (non-hydrogen) atoms. The molecule has 0 bridgehead atoms. The second-order valence-electron chi connectivity index (χ2n) is 6.71. The third-order valence-electron chi connectivity index (χ3n) is 4.99. The Morgan fingerprint density at radius 3 is 2.76 bits per heavy atom. The Morgan fingerprint density at radius 1 is 1.14 bits per heavy atom. The van der Waals surface area contributed by atoms with E-state index in [1.54, 1.807) is 0 Å². The maximum Gasteiger partial charge on any atom is 0.239 e. The summed E-state index contributed by atoms with van der Waals surface area (Å²) in [5, 5.41) is 3.40. The molecule has 2 saturated heterocycles. The molecule has 4 heteroatoms. The Labute approximate surface area is 130 Å². The molecule has 0 saturated carbocycles. The summed E-state index contributed by atoms with van der Waals surface area (Å²) in [6.45, 7) is 9.74. The van der Waals surface area contributed by atoms with Crippen LogP contribution in [0.2, 0.25) is 0 Å². The molecule has 0 radical (unpaired) electrons. The molecular formula is C17H33N3O. The second-order valence-corrected chi connectivity index (χ2v) is 6.71. The average Bonchev–Trinajstić information content (AvgIpc) is 2.49. The first kappa shape index (κ1) is 16.8. The summed E-state index contributed by atoms with van der Waals surface area (Å²) < 4.78 is 0. The van der Waals surface area contributed by atoms with Crippen LogP contribution in [0.25, 0.3) is 0 Å². The maximum absolute atomic E-state index is 12.4. The Bertz CT molecular complexity index is 321. The van der Waals surface area contributed by atoms with Crippen LogP contribution in [0, 0.1) is 0 Å². The number of hydrogen-bond donors (Lipinski definition) is 1. The number of carbonyl (C=O) groups is 1. The smallest absolute Gasteiger partial charge is 0.239 e. The van der Waals surface area contributed by atoms with Crippen LogP contribution >= 0.6 is 0 Å². The highest BCUT2D eigenvalue weighted by atomic mass is 16.2. The number of amides is 1. The van der Waals surface area contributed by atoms with Crippen LogP contribution < -0.4 is 5.32 Å². The van der Waals surface area contributed by atoms with E-state index in [0.29, 0.717) is 5.91 Å². The van der Waals surface area contributed by atoms with Crippen molar-refractivity contribution in [3.8, 4) is 0 Å². The van der Waals surface area contributed by atoms with Crippen LogP contribution in [0.15, 0.2) is 0 Å². The lowest BCUT2D eigenvalue weighted by atomic mass is 10.0. The first-order valence-corrected chi connectivity index (χ1v) is 8.98. The predicted molar refractivity (Wildman–Crippen MR) is 87.4 cm³/mol. The SMILES string of the molecule is CCCNC1CCCN(CCCN2CCCCC2C)C1=O. The lowest BCUT2D eigenvalue weighted by molar-refractivity contribution is -0.136. The second kappa shape index (κ2) is 8.74. The van der Waals surface area contributed by atoms with Gasteiger partial charge in [-0.05, 0) is 58.5 Å². The van der Waals surface area contributed by atoms with E-state index in [-0.39, 0.29) is 6.04 Å². The minimum absolute atomic E-state index is 0.0765. The molecule has 2 aliphatic heterocycles. The molecule has 0 aromatic heterocycles. The fourth-order valence-electron chi connectivity index (χ4n) is 3.62. The van der Waals surface area contributed by atoms with E-state index in [2.05, 4.69) is 29.0 Å². The molecule has 2 rings (SSSR count). The molecule has 0 aromatic carbocycles. The zero-order valence-corrected chi connectivity index (χ0v) is 13.9. The number of nitrogens with one attached hydrogen (secondary N) is 1. The third-order valence-corrected chi connectivity index (χ3v) is 4.99. The Balaban J connectivity index is 1.70. The summed E-state index contributed by atoms with van der Waals surface area (Å²) in [7, 11) is 0. The van der Waals surface area contributed by atoms with Gasteiger partial charge in [0.25, 0.3) is 0 Å². The maximum atomic E-state index is 12.4. The van der Waals surface area contributed by atoms with E-state index in [1.807, 2.05) is 0 Å². The molecule has 2 heterocycles. The molecule has 122 valence electrons. The van der Waals surface area contributed by atoms with Crippen LogP contribution in [0.4, 0.5) is 0 Å². The molecule has 0 aliphatic carbocycles. The van der Waals surface area contributed by atoms with Crippen LogP contribution in [0.3, 0.4) is 0 Å². The Morgan fingerprint density at radius 2 is 2.00 bits per heavy atom. The minimum Gasteiger partial charge on any atom is -0.341 e. The van der Waals surface area contributed by atoms with Gasteiger partial charge in [0, 0.05) is 25.7 Å². The number of hydrogen-bond acceptors (Lipinski definition) is 3. The van der Waals surface area contributed by atoms with Crippen LogP contribution in [0.5, 0.6) is 0 Å². The van der Waals surface area contributed by atoms with Crippen molar-refractivity contribution in [3.63, 3.8) is 0 Å². The monoisotopic (exact) mass is 295 g/mol. The first-order chi connectivity index (χ1) is 10.2. The fourth-order valence-corrected chi connectivity index (χ4v) is 3.62. The highest BCUT2D eigenvalue weighted by Crippen LogP contribution is 2.17. The molecular weight excluding hydrogens is 262 g/mol. The summed E-state index contributed by atoms with van der Waals surface area (Å²) in [6.07, 6.45) is 8.44. The van der Waals surface area contributed by atoms with Gasteiger partial charge >= 0.3 is 0 Å². The number of carbonyl (C=O) groups excluding carboxylic acids is 1. The molecule has 1 amide bonds. The summed E-state index contributed by atoms with van der Waals surface area (Å²) >= 11 is 0. The minimum atomic E-state index is 0.0765. The molecule has 2 atom stereocenters. The quantitative estimate of drug-likeness (QED) is 0.782. The molecule has 1 N–H and O–H groups in total. The Kier molecular flexibility index (Phi) is 6.97. The number of piperidine rings is 2. The van der Waals surface area contributed by atoms with E-state index < -0.39 is 0 Å². The van der Waals surface area contributed by atoms with Crippen molar-refractivity contribution in [2.45, 2.75) is 70.9 Å². The van der Waals surface area contributed by atoms with Gasteiger partial charge in [0.15, 0.2) is 0 Å². The third kappa shape index (κ3) is 4.96. The van der Waals surface area contributed by atoms with Gasteiger partial charge in [-0.25, -0.2) is 0 Å². The van der Waals surface area contributed by atoms with Crippen molar-refractivity contribution < 1.29 is 4.79 Å². The van der Waals surface area contributed by atoms with Gasteiger partial charge in [-0.1, -0.05) is 13.3 Å². The van der Waals surface area contributed by atoms with Gasteiger partial charge in [-0.3, -0.25) is 4.79 Å². The van der Waals surface area contributed by atoms with Crippen LogP contribution in [-0.2, 0) is 4.79 Å². The van der Waals surface area contributed by atoms with E-state index in [1.165, 1.54) is 25.8 Å². The highest BCUT2D eigenvalue weighted by Gasteiger charge is 2.27. The van der Waals surface area contributed by atoms with Crippen molar-refractivity contribution >= 4 is 5.91 Å².